The highest BCUT2D eigenvalue weighted by Gasteiger charge is 2.55. The summed E-state index contributed by atoms with van der Waals surface area (Å²) in [6.07, 6.45) is 5.04. The summed E-state index contributed by atoms with van der Waals surface area (Å²) in [6.45, 7) is 6.53. The molecule has 4 rings (SSSR count). The van der Waals surface area contributed by atoms with Crippen LogP contribution >= 0.6 is 0 Å². The van der Waals surface area contributed by atoms with E-state index in [1.165, 1.54) is 12.8 Å². The molecule has 0 N–H and O–H groups in total. The molecule has 2 nitrogen and oxygen atoms in total. The molecule has 0 aromatic heterocycles. The van der Waals surface area contributed by atoms with Gasteiger partial charge in [-0.1, -0.05) is 13.8 Å². The van der Waals surface area contributed by atoms with Crippen molar-refractivity contribution in [2.24, 2.45) is 23.2 Å². The summed E-state index contributed by atoms with van der Waals surface area (Å²) in [5.41, 5.74) is 0.0593. The molecule has 0 atom stereocenters. The van der Waals surface area contributed by atoms with E-state index in [0.29, 0.717) is 11.8 Å². The summed E-state index contributed by atoms with van der Waals surface area (Å²) < 4.78 is 0. The zero-order valence-corrected chi connectivity index (χ0v) is 9.83. The smallest absolute Gasteiger partial charge is 0.229 e. The molecule has 4 fully saturated rings. The minimum Gasteiger partial charge on any atom is -0.342 e. The summed E-state index contributed by atoms with van der Waals surface area (Å²) in [7, 11) is 0. The molecule has 0 unspecified atom stereocenters. The third kappa shape index (κ3) is 1.33. The van der Waals surface area contributed by atoms with Crippen molar-refractivity contribution in [2.75, 3.05) is 13.1 Å². The van der Waals surface area contributed by atoms with E-state index in [9.17, 15) is 4.79 Å². The lowest BCUT2D eigenvalue weighted by atomic mass is 9.70. The Balaban J connectivity index is 1.70. The van der Waals surface area contributed by atoms with E-state index >= 15 is 0 Å². The van der Waals surface area contributed by atoms with Crippen molar-refractivity contribution < 1.29 is 4.79 Å². The van der Waals surface area contributed by atoms with Gasteiger partial charge in [0, 0.05) is 13.1 Å². The first-order valence-corrected chi connectivity index (χ1v) is 6.41. The van der Waals surface area contributed by atoms with Gasteiger partial charge in [-0.15, -0.1) is 0 Å². The van der Waals surface area contributed by atoms with Crippen molar-refractivity contribution in [1.29, 1.82) is 0 Å². The third-order valence-electron chi connectivity index (χ3n) is 4.90. The van der Waals surface area contributed by atoms with Crippen LogP contribution in [0.4, 0.5) is 0 Å². The molecule has 2 saturated carbocycles. The molecular formula is C13H21NO. The standard InChI is InChI=1S/C13H21NO/c1-9(2)13(3-4-13)12(15)14-7-10-5-11(6-10)8-14/h9-11H,3-8H2,1-2H3. The van der Waals surface area contributed by atoms with Crippen LogP contribution in [0.25, 0.3) is 0 Å². The van der Waals surface area contributed by atoms with Crippen LogP contribution in [-0.2, 0) is 4.79 Å². The molecule has 0 spiro atoms. The molecular weight excluding hydrogens is 186 g/mol. The summed E-state index contributed by atoms with van der Waals surface area (Å²) in [6, 6.07) is 0. The highest BCUT2D eigenvalue weighted by Crippen LogP contribution is 2.54. The second-order valence-corrected chi connectivity index (χ2v) is 6.22. The molecule has 4 aliphatic rings. The Morgan fingerprint density at radius 2 is 1.73 bits per heavy atom. The predicted octanol–water partition coefficient (Wildman–Crippen LogP) is 2.29. The molecule has 2 heterocycles. The maximum atomic E-state index is 12.4. The second kappa shape index (κ2) is 2.99. The highest BCUT2D eigenvalue weighted by atomic mass is 16.2. The number of hydrogen-bond donors (Lipinski definition) is 0. The zero-order chi connectivity index (χ0) is 10.6. The predicted molar refractivity (Wildman–Crippen MR) is 59.3 cm³/mol. The van der Waals surface area contributed by atoms with Crippen molar-refractivity contribution in [2.45, 2.75) is 39.5 Å². The first kappa shape index (κ1) is 9.68. The van der Waals surface area contributed by atoms with Crippen molar-refractivity contribution in [3.63, 3.8) is 0 Å². The third-order valence-corrected chi connectivity index (χ3v) is 4.90. The van der Waals surface area contributed by atoms with Crippen molar-refractivity contribution in [1.82, 2.24) is 4.90 Å². The number of nitrogens with zero attached hydrogens (tertiary/aromatic N) is 1. The normalized spacial score (nSPS) is 36.3. The lowest BCUT2D eigenvalue weighted by Crippen LogP contribution is -2.53. The first-order chi connectivity index (χ1) is 7.12. The quantitative estimate of drug-likeness (QED) is 0.680. The summed E-state index contributed by atoms with van der Waals surface area (Å²) in [5.74, 6) is 2.70. The van der Waals surface area contributed by atoms with Gasteiger partial charge in [0.05, 0.1) is 5.41 Å². The SMILES string of the molecule is CC(C)C1(C(=O)N2CC3CC(C3)C2)CC1. The van der Waals surface area contributed by atoms with E-state index in [1.807, 2.05) is 0 Å². The number of carbonyl (C=O) groups excluding carboxylic acids is 1. The number of hydrogen-bond acceptors (Lipinski definition) is 1. The maximum absolute atomic E-state index is 12.4. The maximum Gasteiger partial charge on any atom is 0.229 e. The Kier molecular flexibility index (Phi) is 1.93. The molecule has 0 aromatic rings. The summed E-state index contributed by atoms with van der Waals surface area (Å²) in [4.78, 5) is 14.6. The van der Waals surface area contributed by atoms with Crippen molar-refractivity contribution in [3.05, 3.63) is 0 Å². The topological polar surface area (TPSA) is 20.3 Å². The molecule has 15 heavy (non-hydrogen) atoms. The lowest BCUT2D eigenvalue weighted by molar-refractivity contribution is -0.145. The van der Waals surface area contributed by atoms with E-state index in [1.54, 1.807) is 0 Å². The number of rotatable bonds is 2. The molecule has 0 aromatic carbocycles. The number of piperidine rings is 2. The van der Waals surface area contributed by atoms with Gasteiger partial charge in [-0.2, -0.15) is 0 Å². The molecule has 2 aliphatic heterocycles. The van der Waals surface area contributed by atoms with Crippen molar-refractivity contribution >= 4 is 5.91 Å². The average molecular weight is 207 g/mol. The van der Waals surface area contributed by atoms with Gasteiger partial charge in [0.25, 0.3) is 0 Å². The average Bonchev–Trinajstić information content (AvgIpc) is 2.96. The molecule has 2 saturated heterocycles. The zero-order valence-electron chi connectivity index (χ0n) is 9.83. The van der Waals surface area contributed by atoms with Gasteiger partial charge in [-0.3, -0.25) is 4.79 Å². The highest BCUT2D eigenvalue weighted by molar-refractivity contribution is 5.85. The van der Waals surface area contributed by atoms with E-state index in [-0.39, 0.29) is 5.41 Å². The lowest BCUT2D eigenvalue weighted by Gasteiger charge is -2.48. The van der Waals surface area contributed by atoms with Crippen LogP contribution in [0.15, 0.2) is 0 Å². The Hall–Kier alpha value is -0.530. The fourth-order valence-electron chi connectivity index (χ4n) is 3.52. The number of carbonyl (C=O) groups is 1. The van der Waals surface area contributed by atoms with E-state index < -0.39 is 0 Å². The van der Waals surface area contributed by atoms with E-state index in [0.717, 1.165) is 37.8 Å². The molecule has 1 amide bonds. The molecule has 2 aliphatic carbocycles. The fourth-order valence-corrected chi connectivity index (χ4v) is 3.52. The second-order valence-electron chi connectivity index (χ2n) is 6.22. The van der Waals surface area contributed by atoms with Gasteiger partial charge < -0.3 is 4.90 Å². The Morgan fingerprint density at radius 1 is 1.20 bits per heavy atom. The van der Waals surface area contributed by atoms with Gasteiger partial charge in [0.2, 0.25) is 5.91 Å². The first-order valence-electron chi connectivity index (χ1n) is 6.41. The van der Waals surface area contributed by atoms with Crippen LogP contribution < -0.4 is 0 Å². The molecule has 2 heteroatoms. The van der Waals surface area contributed by atoms with Crippen LogP contribution in [-0.4, -0.2) is 23.9 Å². The van der Waals surface area contributed by atoms with Crippen LogP contribution in [0, 0.1) is 23.2 Å². The molecule has 84 valence electrons. The van der Waals surface area contributed by atoms with Gasteiger partial charge in [-0.25, -0.2) is 0 Å². The molecule has 2 bridgehead atoms. The molecule has 0 radical (unpaired) electrons. The van der Waals surface area contributed by atoms with Crippen LogP contribution in [0.3, 0.4) is 0 Å². The number of amides is 1. The van der Waals surface area contributed by atoms with Gasteiger partial charge in [-0.05, 0) is 43.4 Å². The van der Waals surface area contributed by atoms with Crippen LogP contribution in [0.2, 0.25) is 0 Å². The Morgan fingerprint density at radius 3 is 2.13 bits per heavy atom. The largest absolute Gasteiger partial charge is 0.342 e. The van der Waals surface area contributed by atoms with E-state index in [2.05, 4.69) is 18.7 Å². The summed E-state index contributed by atoms with van der Waals surface area (Å²) in [5, 5.41) is 0. The van der Waals surface area contributed by atoms with Gasteiger partial charge in [0.15, 0.2) is 0 Å². The van der Waals surface area contributed by atoms with Gasteiger partial charge in [0.1, 0.15) is 0 Å². The minimum absolute atomic E-state index is 0.0593. The van der Waals surface area contributed by atoms with E-state index in [4.69, 9.17) is 0 Å². The van der Waals surface area contributed by atoms with Gasteiger partial charge >= 0.3 is 0 Å². The fraction of sp³-hybridized carbons (Fsp3) is 0.923. The Labute approximate surface area is 92.0 Å². The monoisotopic (exact) mass is 207 g/mol. The minimum atomic E-state index is 0.0593. The number of fused-ring (bicyclic) bond motifs is 2. The van der Waals surface area contributed by atoms with Crippen LogP contribution in [0.1, 0.15) is 39.5 Å². The Bertz CT molecular complexity index is 277. The van der Waals surface area contributed by atoms with Crippen LogP contribution in [0.5, 0.6) is 0 Å². The van der Waals surface area contributed by atoms with Crippen molar-refractivity contribution in [3.8, 4) is 0 Å². The summed E-state index contributed by atoms with van der Waals surface area (Å²) >= 11 is 0.